The molecule has 0 aliphatic rings. The fourth-order valence-corrected chi connectivity index (χ4v) is 3.33. The molecule has 0 unspecified atom stereocenters. The molecule has 0 atom stereocenters. The van der Waals surface area contributed by atoms with E-state index < -0.39 is 0 Å². The number of hydrogen-bond acceptors (Lipinski definition) is 5. The summed E-state index contributed by atoms with van der Waals surface area (Å²) in [6, 6.07) is 10.3. The minimum Gasteiger partial charge on any atom is -0.246 e. The lowest BCUT2D eigenvalue weighted by atomic mass is 10.2. The fraction of sp³-hybridized carbons (Fsp3) is 0.125. The molecule has 4 aromatic rings. The number of nitrogens with zero attached hydrogens (tertiary/aromatic N) is 4. The van der Waals surface area contributed by atoms with E-state index in [0.29, 0.717) is 16.9 Å². The Morgan fingerprint density at radius 2 is 1.86 bits per heavy atom. The third-order valence-electron chi connectivity index (χ3n) is 3.49. The second-order valence-electron chi connectivity index (χ2n) is 4.89. The Labute approximate surface area is 127 Å². The molecule has 0 fully saturated rings. The summed E-state index contributed by atoms with van der Waals surface area (Å²) in [4.78, 5) is 18.4. The van der Waals surface area contributed by atoms with Crippen molar-refractivity contribution < 1.29 is 1.37 Å². The van der Waals surface area contributed by atoms with E-state index in [9.17, 15) is 0 Å². The van der Waals surface area contributed by atoms with Crippen LogP contribution in [0.2, 0.25) is 0 Å². The predicted octanol–water partition coefficient (Wildman–Crippen LogP) is 3.92. The van der Waals surface area contributed by atoms with Crippen LogP contribution in [0.25, 0.3) is 31.8 Å². The topological polar surface area (TPSA) is 51.6 Å². The molecule has 0 radical (unpaired) electrons. The molecule has 0 saturated carbocycles. The first-order valence-corrected chi connectivity index (χ1v) is 7.42. The first-order valence-electron chi connectivity index (χ1n) is 7.10. The first-order chi connectivity index (χ1) is 10.6. The van der Waals surface area contributed by atoms with Crippen molar-refractivity contribution in [3.63, 3.8) is 0 Å². The van der Waals surface area contributed by atoms with Gasteiger partial charge in [0.2, 0.25) is 0 Å². The Hall–Kier alpha value is -2.40. The molecule has 0 amide bonds. The molecule has 0 aliphatic heterocycles. The van der Waals surface area contributed by atoms with Crippen LogP contribution in [0.15, 0.2) is 36.6 Å². The SMILES string of the molecule is [2H]c1nc(-c2cc3ccccc3s2)c2nc(C)c(C)nc2n1. The lowest BCUT2D eigenvalue weighted by molar-refractivity contribution is 1.06. The molecular formula is C16H12N4S. The number of aryl methyl sites for hydroxylation is 2. The van der Waals surface area contributed by atoms with Gasteiger partial charge in [0.1, 0.15) is 18.9 Å². The molecule has 4 nitrogen and oxygen atoms in total. The van der Waals surface area contributed by atoms with Crippen LogP contribution >= 0.6 is 11.3 Å². The molecule has 4 rings (SSSR count). The van der Waals surface area contributed by atoms with Crippen LogP contribution in [-0.4, -0.2) is 19.9 Å². The average Bonchev–Trinajstić information content (AvgIpc) is 2.92. The summed E-state index contributed by atoms with van der Waals surface area (Å²) in [5.41, 5.74) is 3.51. The normalized spacial score (nSPS) is 12.0. The number of fused-ring (bicyclic) bond motifs is 2. The van der Waals surface area contributed by atoms with Crippen LogP contribution < -0.4 is 0 Å². The van der Waals surface area contributed by atoms with Gasteiger partial charge in [0.05, 0.1) is 16.3 Å². The highest BCUT2D eigenvalue weighted by Crippen LogP contribution is 2.34. The van der Waals surface area contributed by atoms with E-state index in [-0.39, 0.29) is 6.30 Å². The lowest BCUT2D eigenvalue weighted by Crippen LogP contribution is -1.98. The molecule has 0 spiro atoms. The minimum absolute atomic E-state index is 0.0301. The minimum atomic E-state index is -0.0301. The Balaban J connectivity index is 2.06. The summed E-state index contributed by atoms with van der Waals surface area (Å²) >= 11 is 1.64. The summed E-state index contributed by atoms with van der Waals surface area (Å²) in [6.45, 7) is 3.82. The Morgan fingerprint density at radius 1 is 1.05 bits per heavy atom. The van der Waals surface area contributed by atoms with E-state index in [1.807, 2.05) is 26.0 Å². The Bertz CT molecular complexity index is 992. The zero-order valence-corrected chi connectivity index (χ0v) is 12.4. The number of rotatable bonds is 1. The van der Waals surface area contributed by atoms with Crippen molar-refractivity contribution in [2.45, 2.75) is 13.8 Å². The van der Waals surface area contributed by atoms with Crippen LogP contribution in [0.5, 0.6) is 0 Å². The van der Waals surface area contributed by atoms with Crippen molar-refractivity contribution in [2.75, 3.05) is 0 Å². The maximum absolute atomic E-state index is 7.84. The highest BCUT2D eigenvalue weighted by molar-refractivity contribution is 7.22. The zero-order valence-electron chi connectivity index (χ0n) is 12.6. The van der Waals surface area contributed by atoms with Gasteiger partial charge in [0.25, 0.3) is 0 Å². The van der Waals surface area contributed by atoms with Crippen LogP contribution in [-0.2, 0) is 0 Å². The molecule has 102 valence electrons. The Morgan fingerprint density at radius 3 is 2.71 bits per heavy atom. The number of thiophene rings is 1. The van der Waals surface area contributed by atoms with E-state index in [1.165, 1.54) is 4.70 Å². The number of aromatic nitrogens is 4. The second kappa shape index (κ2) is 4.56. The smallest absolute Gasteiger partial charge is 0.182 e. The predicted molar refractivity (Wildman–Crippen MR) is 85.4 cm³/mol. The second-order valence-corrected chi connectivity index (χ2v) is 5.97. The maximum Gasteiger partial charge on any atom is 0.182 e. The summed E-state index contributed by atoms with van der Waals surface area (Å²) < 4.78 is 9.03. The van der Waals surface area contributed by atoms with E-state index in [1.54, 1.807) is 11.3 Å². The molecule has 3 aromatic heterocycles. The molecule has 0 aliphatic carbocycles. The van der Waals surface area contributed by atoms with Crippen molar-refractivity contribution in [3.05, 3.63) is 48.0 Å². The van der Waals surface area contributed by atoms with Crippen molar-refractivity contribution in [1.29, 1.82) is 0 Å². The van der Waals surface area contributed by atoms with Gasteiger partial charge in [-0.3, -0.25) is 0 Å². The van der Waals surface area contributed by atoms with Gasteiger partial charge in [-0.15, -0.1) is 11.3 Å². The molecule has 5 heteroatoms. The van der Waals surface area contributed by atoms with Crippen molar-refractivity contribution in [1.82, 2.24) is 19.9 Å². The zero-order chi connectivity index (χ0) is 15.3. The first kappa shape index (κ1) is 11.3. The molecule has 0 N–H and O–H groups in total. The molecule has 21 heavy (non-hydrogen) atoms. The van der Waals surface area contributed by atoms with Gasteiger partial charge >= 0.3 is 0 Å². The number of benzene rings is 1. The maximum atomic E-state index is 7.84. The summed E-state index contributed by atoms with van der Waals surface area (Å²) in [7, 11) is 0. The fourth-order valence-electron chi connectivity index (χ4n) is 2.27. The number of hydrogen-bond donors (Lipinski definition) is 0. The van der Waals surface area contributed by atoms with Crippen LogP contribution in [0.3, 0.4) is 0 Å². The molecular weight excluding hydrogens is 280 g/mol. The van der Waals surface area contributed by atoms with Crippen LogP contribution in [0.1, 0.15) is 12.8 Å². The van der Waals surface area contributed by atoms with Gasteiger partial charge in [0, 0.05) is 4.70 Å². The van der Waals surface area contributed by atoms with Crippen molar-refractivity contribution >= 4 is 32.6 Å². The third kappa shape index (κ3) is 1.97. The van der Waals surface area contributed by atoms with Gasteiger partial charge in [-0.05, 0) is 31.4 Å². The van der Waals surface area contributed by atoms with Gasteiger partial charge in [0.15, 0.2) is 5.65 Å². The Kier molecular flexibility index (Phi) is 2.45. The van der Waals surface area contributed by atoms with Gasteiger partial charge in [-0.1, -0.05) is 18.2 Å². The highest BCUT2D eigenvalue weighted by Gasteiger charge is 2.13. The van der Waals surface area contributed by atoms with Gasteiger partial charge in [-0.2, -0.15) is 0 Å². The third-order valence-corrected chi connectivity index (χ3v) is 4.61. The summed E-state index contributed by atoms with van der Waals surface area (Å²) in [5, 5.41) is 1.16. The molecule has 0 saturated heterocycles. The largest absolute Gasteiger partial charge is 0.246 e. The van der Waals surface area contributed by atoms with Gasteiger partial charge in [-0.25, -0.2) is 19.9 Å². The van der Waals surface area contributed by atoms with Gasteiger partial charge < -0.3 is 0 Å². The lowest BCUT2D eigenvalue weighted by Gasteiger charge is -2.04. The van der Waals surface area contributed by atoms with Crippen molar-refractivity contribution in [2.24, 2.45) is 0 Å². The van der Waals surface area contributed by atoms with E-state index >= 15 is 0 Å². The van der Waals surface area contributed by atoms with Crippen LogP contribution in [0, 0.1) is 13.8 Å². The quantitative estimate of drug-likeness (QED) is 0.534. The summed E-state index contributed by atoms with van der Waals surface area (Å²) in [6.07, 6.45) is -0.0301. The highest BCUT2D eigenvalue weighted by atomic mass is 32.1. The summed E-state index contributed by atoms with van der Waals surface area (Å²) in [5.74, 6) is 0. The molecule has 3 heterocycles. The monoisotopic (exact) mass is 293 g/mol. The van der Waals surface area contributed by atoms with E-state index in [2.05, 4.69) is 38.1 Å². The standard InChI is InChI=1S/C16H12N4S/c1-9-10(2)20-16-15(19-9)14(17-8-18-16)13-7-11-5-3-4-6-12(11)21-13/h3-8H,1-2H3/i8D. The van der Waals surface area contributed by atoms with Crippen molar-refractivity contribution in [3.8, 4) is 10.6 Å². The van der Waals surface area contributed by atoms with E-state index in [4.69, 9.17) is 1.37 Å². The van der Waals surface area contributed by atoms with Crippen LogP contribution in [0.4, 0.5) is 0 Å². The molecule has 0 bridgehead atoms. The molecule has 1 aromatic carbocycles. The van der Waals surface area contributed by atoms with E-state index in [0.717, 1.165) is 21.7 Å². The average molecular weight is 293 g/mol.